The van der Waals surface area contributed by atoms with Crippen LogP contribution in [0.1, 0.15) is 37.7 Å². The van der Waals surface area contributed by atoms with Crippen molar-refractivity contribution in [1.29, 1.82) is 0 Å². The van der Waals surface area contributed by atoms with Gasteiger partial charge in [0.15, 0.2) is 0 Å². The molecule has 0 radical (unpaired) electrons. The van der Waals surface area contributed by atoms with Crippen molar-refractivity contribution in [2.45, 2.75) is 44.6 Å². The summed E-state index contributed by atoms with van der Waals surface area (Å²) in [4.78, 5) is 26.0. The molecule has 6 heteroatoms. The predicted molar refractivity (Wildman–Crippen MR) is 93.6 cm³/mol. The normalized spacial score (nSPS) is 19.1. The van der Waals surface area contributed by atoms with Gasteiger partial charge in [0.2, 0.25) is 5.91 Å². The van der Waals surface area contributed by atoms with E-state index in [1.54, 1.807) is 11.0 Å². The maximum absolute atomic E-state index is 13.5. The van der Waals surface area contributed by atoms with E-state index in [1.807, 2.05) is 6.07 Å². The molecule has 136 valence electrons. The molecule has 2 fully saturated rings. The van der Waals surface area contributed by atoms with Crippen molar-refractivity contribution in [2.24, 2.45) is 5.92 Å². The topological polar surface area (TPSA) is 61.4 Å². The molecule has 1 atom stereocenters. The third-order valence-electron chi connectivity index (χ3n) is 5.17. The van der Waals surface area contributed by atoms with Crippen LogP contribution in [0.15, 0.2) is 24.3 Å². The van der Waals surface area contributed by atoms with Gasteiger partial charge < -0.3 is 15.5 Å². The first-order valence-corrected chi connectivity index (χ1v) is 9.17. The summed E-state index contributed by atoms with van der Waals surface area (Å²) in [5, 5.41) is 5.78. The van der Waals surface area contributed by atoms with Gasteiger partial charge in [0.1, 0.15) is 5.82 Å². The van der Waals surface area contributed by atoms with Gasteiger partial charge in [0.05, 0.1) is 6.04 Å². The lowest BCUT2D eigenvalue weighted by Gasteiger charge is -2.27. The Morgan fingerprint density at radius 1 is 1.36 bits per heavy atom. The molecule has 1 aliphatic heterocycles. The molecule has 0 bridgehead atoms. The van der Waals surface area contributed by atoms with Crippen LogP contribution in [0.2, 0.25) is 0 Å². The monoisotopic (exact) mass is 347 g/mol. The Morgan fingerprint density at radius 2 is 2.16 bits per heavy atom. The zero-order valence-corrected chi connectivity index (χ0v) is 14.5. The molecule has 0 unspecified atom stereocenters. The highest BCUT2D eigenvalue weighted by molar-refractivity contribution is 5.77. The molecule has 1 saturated carbocycles. The number of carbonyl (C=O) groups is 2. The Morgan fingerprint density at radius 3 is 2.84 bits per heavy atom. The summed E-state index contributed by atoms with van der Waals surface area (Å²) in [6.07, 6.45) is 5.79. The van der Waals surface area contributed by atoms with Gasteiger partial charge in [-0.25, -0.2) is 9.18 Å². The number of nitrogens with zero attached hydrogens (tertiary/aromatic N) is 1. The molecular formula is C19H26FN3O2. The minimum absolute atomic E-state index is 0.0516. The first-order valence-electron chi connectivity index (χ1n) is 9.17. The molecule has 1 saturated heterocycles. The van der Waals surface area contributed by atoms with E-state index in [4.69, 9.17) is 0 Å². The average molecular weight is 347 g/mol. The summed E-state index contributed by atoms with van der Waals surface area (Å²) < 4.78 is 13.5. The fourth-order valence-electron chi connectivity index (χ4n) is 3.84. The Balaban J connectivity index is 1.59. The van der Waals surface area contributed by atoms with E-state index in [2.05, 4.69) is 10.6 Å². The second-order valence-corrected chi connectivity index (χ2v) is 7.07. The quantitative estimate of drug-likeness (QED) is 0.796. The first-order chi connectivity index (χ1) is 12.1. The van der Waals surface area contributed by atoms with Crippen molar-refractivity contribution in [3.63, 3.8) is 0 Å². The zero-order chi connectivity index (χ0) is 17.6. The molecular weight excluding hydrogens is 321 g/mol. The number of carbonyl (C=O) groups excluding carboxylic acids is 2. The maximum atomic E-state index is 13.5. The molecule has 1 aromatic carbocycles. The summed E-state index contributed by atoms with van der Waals surface area (Å²) in [6.45, 7) is 1.61. The van der Waals surface area contributed by atoms with Crippen LogP contribution in [-0.4, -0.2) is 42.5 Å². The molecule has 25 heavy (non-hydrogen) atoms. The van der Waals surface area contributed by atoms with E-state index in [0.29, 0.717) is 38.4 Å². The molecule has 2 aliphatic rings. The lowest BCUT2D eigenvalue weighted by Crippen LogP contribution is -2.46. The number of rotatable bonds is 7. The third-order valence-corrected chi connectivity index (χ3v) is 5.17. The highest BCUT2D eigenvalue weighted by Gasteiger charge is 2.28. The predicted octanol–water partition coefficient (Wildman–Crippen LogP) is 2.46. The van der Waals surface area contributed by atoms with Crippen molar-refractivity contribution in [3.05, 3.63) is 35.6 Å². The van der Waals surface area contributed by atoms with Crippen molar-refractivity contribution < 1.29 is 14.0 Å². The largest absolute Gasteiger partial charge is 0.354 e. The summed E-state index contributed by atoms with van der Waals surface area (Å²) in [5.41, 5.74) is 0.828. The molecule has 1 heterocycles. The van der Waals surface area contributed by atoms with Crippen molar-refractivity contribution in [3.8, 4) is 0 Å². The molecule has 0 aromatic heterocycles. The van der Waals surface area contributed by atoms with E-state index < -0.39 is 0 Å². The maximum Gasteiger partial charge on any atom is 0.317 e. The van der Waals surface area contributed by atoms with Gasteiger partial charge in [-0.3, -0.25) is 4.79 Å². The Bertz CT molecular complexity index is 616. The number of hydrogen-bond donors (Lipinski definition) is 2. The van der Waals surface area contributed by atoms with Gasteiger partial charge in [-0.1, -0.05) is 25.0 Å². The first kappa shape index (κ1) is 17.7. The van der Waals surface area contributed by atoms with Crippen LogP contribution in [0.4, 0.5) is 9.18 Å². The van der Waals surface area contributed by atoms with Crippen LogP contribution in [0.5, 0.6) is 0 Å². The lowest BCUT2D eigenvalue weighted by molar-refractivity contribution is -0.122. The van der Waals surface area contributed by atoms with E-state index in [-0.39, 0.29) is 23.8 Å². The van der Waals surface area contributed by atoms with E-state index >= 15 is 0 Å². The van der Waals surface area contributed by atoms with Crippen LogP contribution in [-0.2, 0) is 11.2 Å². The lowest BCUT2D eigenvalue weighted by atomic mass is 10.0. The second-order valence-electron chi connectivity index (χ2n) is 7.07. The Kier molecular flexibility index (Phi) is 5.89. The van der Waals surface area contributed by atoms with Crippen molar-refractivity contribution in [1.82, 2.24) is 15.5 Å². The molecule has 3 rings (SSSR count). The Labute approximate surface area is 148 Å². The Hall–Kier alpha value is -2.11. The molecule has 2 N–H and O–H groups in total. The van der Waals surface area contributed by atoms with Crippen LogP contribution >= 0.6 is 0 Å². The minimum Gasteiger partial charge on any atom is -0.354 e. The minimum atomic E-state index is -0.285. The molecule has 1 aliphatic carbocycles. The summed E-state index contributed by atoms with van der Waals surface area (Å²) in [7, 11) is 0. The van der Waals surface area contributed by atoms with E-state index in [0.717, 1.165) is 18.4 Å². The van der Waals surface area contributed by atoms with Gasteiger partial charge in [-0.05, 0) is 42.9 Å². The fourth-order valence-corrected chi connectivity index (χ4v) is 3.84. The number of nitrogens with one attached hydrogen (secondary N) is 2. The zero-order valence-electron chi connectivity index (χ0n) is 14.5. The van der Waals surface area contributed by atoms with Crippen LogP contribution in [0.3, 0.4) is 0 Å². The molecule has 1 aromatic rings. The van der Waals surface area contributed by atoms with E-state index in [9.17, 15) is 14.0 Å². The SMILES string of the molecule is O=C(CC1CCCC1)NC[C@@H](Cc1cccc(F)c1)N1CCNC1=O. The third kappa shape index (κ3) is 4.94. The second kappa shape index (κ2) is 8.32. The average Bonchev–Trinajstić information content (AvgIpc) is 3.23. The standard InChI is InChI=1S/C19H26FN3O2/c20-16-7-3-6-15(10-16)11-17(23-9-8-21-19(23)25)13-22-18(24)12-14-4-1-2-5-14/h3,6-7,10,14,17H,1-2,4-5,8-9,11-13H2,(H,21,25)(H,22,24)/t17-/m1/s1. The van der Waals surface area contributed by atoms with Crippen molar-refractivity contribution >= 4 is 11.9 Å². The van der Waals surface area contributed by atoms with Gasteiger partial charge >= 0.3 is 6.03 Å². The van der Waals surface area contributed by atoms with Crippen LogP contribution in [0, 0.1) is 11.7 Å². The fraction of sp³-hybridized carbons (Fsp3) is 0.579. The highest BCUT2D eigenvalue weighted by Crippen LogP contribution is 2.27. The smallest absolute Gasteiger partial charge is 0.317 e. The summed E-state index contributed by atoms with van der Waals surface area (Å²) in [5.74, 6) is 0.264. The van der Waals surface area contributed by atoms with Gasteiger partial charge in [-0.2, -0.15) is 0 Å². The van der Waals surface area contributed by atoms with E-state index in [1.165, 1.54) is 25.0 Å². The number of urea groups is 1. The van der Waals surface area contributed by atoms with Gasteiger partial charge in [-0.15, -0.1) is 0 Å². The summed E-state index contributed by atoms with van der Waals surface area (Å²) in [6, 6.07) is 6.13. The highest BCUT2D eigenvalue weighted by atomic mass is 19.1. The number of amides is 3. The molecule has 5 nitrogen and oxygen atoms in total. The van der Waals surface area contributed by atoms with Gasteiger partial charge in [0, 0.05) is 26.1 Å². The van der Waals surface area contributed by atoms with Gasteiger partial charge in [0.25, 0.3) is 0 Å². The number of hydrogen-bond acceptors (Lipinski definition) is 2. The molecule has 0 spiro atoms. The van der Waals surface area contributed by atoms with Crippen LogP contribution in [0.25, 0.3) is 0 Å². The number of benzene rings is 1. The molecule has 3 amide bonds. The van der Waals surface area contributed by atoms with Crippen LogP contribution < -0.4 is 10.6 Å². The number of halogens is 1. The van der Waals surface area contributed by atoms with Crippen molar-refractivity contribution in [2.75, 3.05) is 19.6 Å². The summed E-state index contributed by atoms with van der Waals surface area (Å²) >= 11 is 0.